The number of nitrogens with two attached hydrogens (primary N) is 1. The average molecular weight is 280 g/mol. The average Bonchev–Trinajstić information content (AvgIpc) is 2.38. The molecular weight excluding hydrogens is 268 g/mol. The molecule has 0 unspecified atom stereocenters. The van der Waals surface area contributed by atoms with Gasteiger partial charge in [-0.25, -0.2) is 18.5 Å². The molecule has 6 nitrogen and oxygen atoms in total. The van der Waals surface area contributed by atoms with Gasteiger partial charge in [0.15, 0.2) is 0 Å². The van der Waals surface area contributed by atoms with Crippen LogP contribution in [0.3, 0.4) is 0 Å². The van der Waals surface area contributed by atoms with E-state index < -0.39 is 10.0 Å². The van der Waals surface area contributed by atoms with Gasteiger partial charge in [-0.05, 0) is 24.3 Å². The molecule has 0 aliphatic carbocycles. The maximum Gasteiger partial charge on any atom is 0.243 e. The summed E-state index contributed by atoms with van der Waals surface area (Å²) in [5, 5.41) is 5.09. The molecule has 0 fully saturated rings. The molecule has 1 heterocycles. The predicted octanol–water partition coefficient (Wildman–Crippen LogP) is 1.53. The molecular formula is C12H12N2O4S. The lowest BCUT2D eigenvalue weighted by Gasteiger charge is -2.09. The van der Waals surface area contributed by atoms with E-state index in [4.69, 9.17) is 14.6 Å². The first-order valence-corrected chi connectivity index (χ1v) is 6.85. The zero-order chi connectivity index (χ0) is 13.9. The summed E-state index contributed by atoms with van der Waals surface area (Å²) >= 11 is 0. The van der Waals surface area contributed by atoms with E-state index in [9.17, 15) is 8.42 Å². The monoisotopic (exact) mass is 280 g/mol. The van der Waals surface area contributed by atoms with Crippen LogP contribution in [0.5, 0.6) is 17.4 Å². The molecule has 0 radical (unpaired) electrons. The minimum Gasteiger partial charge on any atom is -0.497 e. The van der Waals surface area contributed by atoms with Crippen LogP contribution in [0.1, 0.15) is 0 Å². The summed E-state index contributed by atoms with van der Waals surface area (Å²) < 4.78 is 33.3. The molecule has 2 rings (SSSR count). The molecule has 1 aromatic carbocycles. The topological polar surface area (TPSA) is 91.5 Å². The molecule has 2 N–H and O–H groups in total. The number of benzene rings is 1. The number of sulfonamides is 1. The Hall–Kier alpha value is -2.12. The van der Waals surface area contributed by atoms with Gasteiger partial charge in [-0.1, -0.05) is 6.07 Å². The maximum absolute atomic E-state index is 11.4. The molecule has 0 saturated carbocycles. The Morgan fingerprint density at radius 1 is 1.16 bits per heavy atom. The molecule has 0 aliphatic heterocycles. The molecule has 1 aromatic heterocycles. The number of hydrogen-bond acceptors (Lipinski definition) is 5. The fourth-order valence-electron chi connectivity index (χ4n) is 1.45. The number of aromatic nitrogens is 1. The van der Waals surface area contributed by atoms with Crippen molar-refractivity contribution in [3.05, 3.63) is 42.6 Å². The fraction of sp³-hybridized carbons (Fsp3) is 0.0833. The number of methoxy groups -OCH3 is 1. The van der Waals surface area contributed by atoms with Crippen molar-refractivity contribution in [3.8, 4) is 17.4 Å². The van der Waals surface area contributed by atoms with Crippen LogP contribution in [0.25, 0.3) is 0 Å². The summed E-state index contributed by atoms with van der Waals surface area (Å²) in [6, 6.07) is 9.53. The summed E-state index contributed by atoms with van der Waals surface area (Å²) in [7, 11) is -2.36. The van der Waals surface area contributed by atoms with Gasteiger partial charge in [-0.3, -0.25) is 0 Å². The molecule has 100 valence electrons. The lowest BCUT2D eigenvalue weighted by atomic mass is 10.3. The Morgan fingerprint density at radius 2 is 1.89 bits per heavy atom. The zero-order valence-electron chi connectivity index (χ0n) is 10.1. The number of rotatable bonds is 4. The van der Waals surface area contributed by atoms with E-state index in [1.807, 2.05) is 0 Å². The quantitative estimate of drug-likeness (QED) is 0.917. The second kappa shape index (κ2) is 5.25. The highest BCUT2D eigenvalue weighted by atomic mass is 32.2. The van der Waals surface area contributed by atoms with Gasteiger partial charge in [-0.15, -0.1) is 0 Å². The standard InChI is InChI=1S/C12H12N2O4S/c1-17-9-4-2-5-10(8-9)18-12-11(19(13,15)16)6-3-7-14-12/h2-8H,1H3,(H2,13,15,16). The molecule has 0 amide bonds. The van der Waals surface area contributed by atoms with Crippen LogP contribution in [0.2, 0.25) is 0 Å². The number of primary sulfonamides is 1. The first-order valence-electron chi connectivity index (χ1n) is 5.30. The van der Waals surface area contributed by atoms with Crippen molar-refractivity contribution < 1.29 is 17.9 Å². The number of pyridine rings is 1. The van der Waals surface area contributed by atoms with Gasteiger partial charge in [0.25, 0.3) is 0 Å². The normalized spacial score (nSPS) is 11.1. The van der Waals surface area contributed by atoms with Crippen LogP contribution < -0.4 is 14.6 Å². The van der Waals surface area contributed by atoms with Gasteiger partial charge >= 0.3 is 0 Å². The lowest BCUT2D eigenvalue weighted by molar-refractivity contribution is 0.405. The van der Waals surface area contributed by atoms with Gasteiger partial charge in [0.05, 0.1) is 7.11 Å². The Morgan fingerprint density at radius 3 is 2.58 bits per heavy atom. The van der Waals surface area contributed by atoms with Crippen molar-refractivity contribution in [2.75, 3.05) is 7.11 Å². The molecule has 2 aromatic rings. The second-order valence-electron chi connectivity index (χ2n) is 3.63. The van der Waals surface area contributed by atoms with Crippen LogP contribution in [-0.4, -0.2) is 20.5 Å². The Bertz CT molecular complexity index is 686. The SMILES string of the molecule is COc1cccc(Oc2ncccc2S(N)(=O)=O)c1. The van der Waals surface area contributed by atoms with E-state index in [1.54, 1.807) is 24.3 Å². The van der Waals surface area contributed by atoms with Crippen LogP contribution in [-0.2, 0) is 10.0 Å². The van der Waals surface area contributed by atoms with Crippen molar-refractivity contribution in [1.29, 1.82) is 0 Å². The molecule has 19 heavy (non-hydrogen) atoms. The molecule has 7 heteroatoms. The van der Waals surface area contributed by atoms with Gasteiger partial charge in [-0.2, -0.15) is 0 Å². The Kier molecular flexibility index (Phi) is 3.68. The number of nitrogens with zero attached hydrogens (tertiary/aromatic N) is 1. The third kappa shape index (κ3) is 3.21. The highest BCUT2D eigenvalue weighted by molar-refractivity contribution is 7.89. The van der Waals surface area contributed by atoms with Crippen LogP contribution in [0.4, 0.5) is 0 Å². The van der Waals surface area contributed by atoms with Gasteiger partial charge in [0, 0.05) is 12.3 Å². The van der Waals surface area contributed by atoms with E-state index in [-0.39, 0.29) is 10.8 Å². The summed E-state index contributed by atoms with van der Waals surface area (Å²) in [4.78, 5) is 3.71. The minimum absolute atomic E-state index is 0.0711. The van der Waals surface area contributed by atoms with Crippen molar-refractivity contribution in [2.24, 2.45) is 5.14 Å². The highest BCUT2D eigenvalue weighted by Gasteiger charge is 2.16. The van der Waals surface area contributed by atoms with Crippen LogP contribution in [0, 0.1) is 0 Å². The van der Waals surface area contributed by atoms with Crippen molar-refractivity contribution in [1.82, 2.24) is 4.98 Å². The van der Waals surface area contributed by atoms with Crippen molar-refractivity contribution >= 4 is 10.0 Å². The zero-order valence-corrected chi connectivity index (χ0v) is 10.9. The second-order valence-corrected chi connectivity index (χ2v) is 5.16. The Balaban J connectivity index is 2.38. The maximum atomic E-state index is 11.4. The van der Waals surface area contributed by atoms with E-state index >= 15 is 0 Å². The molecule has 0 spiro atoms. The first kappa shape index (κ1) is 13.3. The van der Waals surface area contributed by atoms with Gasteiger partial charge in [0.2, 0.25) is 15.9 Å². The largest absolute Gasteiger partial charge is 0.497 e. The summed E-state index contributed by atoms with van der Waals surface area (Å²) in [6.45, 7) is 0. The first-order chi connectivity index (χ1) is 9.00. The van der Waals surface area contributed by atoms with Gasteiger partial charge in [0.1, 0.15) is 16.4 Å². The molecule has 0 aliphatic rings. The fourth-order valence-corrected chi connectivity index (χ4v) is 2.05. The lowest BCUT2D eigenvalue weighted by Crippen LogP contribution is -2.13. The molecule has 0 atom stereocenters. The minimum atomic E-state index is -3.89. The van der Waals surface area contributed by atoms with E-state index in [0.717, 1.165) is 0 Å². The number of ether oxygens (including phenoxy) is 2. The summed E-state index contributed by atoms with van der Waals surface area (Å²) in [5.74, 6) is 0.923. The van der Waals surface area contributed by atoms with Crippen molar-refractivity contribution in [3.63, 3.8) is 0 Å². The third-order valence-corrected chi connectivity index (χ3v) is 3.22. The highest BCUT2D eigenvalue weighted by Crippen LogP contribution is 2.27. The molecule has 0 saturated heterocycles. The smallest absolute Gasteiger partial charge is 0.243 e. The molecule has 0 bridgehead atoms. The Labute approximate surface area is 110 Å². The summed E-state index contributed by atoms with van der Waals surface area (Å²) in [6.07, 6.45) is 1.42. The summed E-state index contributed by atoms with van der Waals surface area (Å²) in [5.41, 5.74) is 0. The van der Waals surface area contributed by atoms with Crippen LogP contribution >= 0.6 is 0 Å². The van der Waals surface area contributed by atoms with E-state index in [1.165, 1.54) is 25.4 Å². The van der Waals surface area contributed by atoms with E-state index in [0.29, 0.717) is 11.5 Å². The van der Waals surface area contributed by atoms with Gasteiger partial charge < -0.3 is 9.47 Å². The third-order valence-electron chi connectivity index (χ3n) is 2.30. The van der Waals surface area contributed by atoms with Crippen molar-refractivity contribution in [2.45, 2.75) is 4.90 Å². The van der Waals surface area contributed by atoms with Crippen LogP contribution in [0.15, 0.2) is 47.5 Å². The predicted molar refractivity (Wildman–Crippen MR) is 68.7 cm³/mol. The number of hydrogen-bond donors (Lipinski definition) is 1. The van der Waals surface area contributed by atoms with E-state index in [2.05, 4.69) is 4.98 Å².